The lowest BCUT2D eigenvalue weighted by Crippen LogP contribution is -2.44. The number of ether oxygens (including phenoxy) is 2. The van der Waals surface area contributed by atoms with Crippen molar-refractivity contribution in [2.24, 2.45) is 0 Å². The second-order valence-corrected chi connectivity index (χ2v) is 8.64. The molecule has 0 radical (unpaired) electrons. The van der Waals surface area contributed by atoms with Crippen LogP contribution in [0.5, 0.6) is 5.75 Å². The highest BCUT2D eigenvalue weighted by Crippen LogP contribution is 2.43. The summed E-state index contributed by atoms with van der Waals surface area (Å²) in [5.41, 5.74) is 0.590. The summed E-state index contributed by atoms with van der Waals surface area (Å²) >= 11 is 0. The van der Waals surface area contributed by atoms with Gasteiger partial charge in [0.25, 0.3) is 0 Å². The summed E-state index contributed by atoms with van der Waals surface area (Å²) in [6.07, 6.45) is 0.512. The summed E-state index contributed by atoms with van der Waals surface area (Å²) in [7, 11) is -2.06. The van der Waals surface area contributed by atoms with Gasteiger partial charge < -0.3 is 9.47 Å². The van der Waals surface area contributed by atoms with Gasteiger partial charge in [-0.05, 0) is 39.0 Å². The van der Waals surface area contributed by atoms with Crippen molar-refractivity contribution in [3.63, 3.8) is 0 Å². The molecule has 2 rings (SSSR count). The fraction of sp³-hybridized carbons (Fsp3) is 0.588. The van der Waals surface area contributed by atoms with E-state index in [4.69, 9.17) is 9.47 Å². The molecule has 0 spiro atoms. The fourth-order valence-corrected chi connectivity index (χ4v) is 4.40. The van der Waals surface area contributed by atoms with E-state index in [1.165, 1.54) is 11.4 Å². The zero-order chi connectivity index (χ0) is 18.1. The van der Waals surface area contributed by atoms with Crippen LogP contribution in [-0.4, -0.2) is 43.7 Å². The first kappa shape index (κ1) is 18.7. The predicted molar refractivity (Wildman–Crippen MR) is 91.7 cm³/mol. The van der Waals surface area contributed by atoms with Crippen molar-refractivity contribution in [1.29, 1.82) is 0 Å². The first-order valence-corrected chi connectivity index (χ1v) is 9.67. The zero-order valence-corrected chi connectivity index (χ0v) is 15.6. The Bertz CT molecular complexity index is 726. The maximum absolute atomic E-state index is 12.5. The summed E-state index contributed by atoms with van der Waals surface area (Å²) < 4.78 is 37.3. The molecule has 6 nitrogen and oxygen atoms in total. The molecule has 1 aliphatic heterocycles. The van der Waals surface area contributed by atoms with Crippen LogP contribution in [0.1, 0.15) is 56.1 Å². The van der Waals surface area contributed by atoms with Crippen LogP contribution < -0.4 is 4.74 Å². The van der Waals surface area contributed by atoms with Crippen molar-refractivity contribution in [3.8, 4) is 5.75 Å². The second kappa shape index (κ2) is 6.72. The van der Waals surface area contributed by atoms with Gasteiger partial charge in [-0.25, -0.2) is 13.2 Å². The molecular weight excluding hydrogens is 330 g/mol. The van der Waals surface area contributed by atoms with E-state index in [1.54, 1.807) is 25.1 Å². The Morgan fingerprint density at radius 1 is 1.38 bits per heavy atom. The van der Waals surface area contributed by atoms with Crippen molar-refractivity contribution >= 4 is 16.0 Å². The SMILES string of the molecule is CCN(C1CC(C)(C)Oc2ccc(C(=O)OC)cc21)S(=O)(=O)CC. The molecule has 0 saturated heterocycles. The number of carbonyl (C=O) groups is 1. The van der Waals surface area contributed by atoms with Gasteiger partial charge in [0.15, 0.2) is 0 Å². The van der Waals surface area contributed by atoms with Gasteiger partial charge in [-0.1, -0.05) is 6.92 Å². The minimum atomic E-state index is -3.38. The second-order valence-electron chi connectivity index (χ2n) is 6.43. The third kappa shape index (κ3) is 3.57. The maximum Gasteiger partial charge on any atom is 0.337 e. The molecule has 1 unspecified atom stereocenters. The van der Waals surface area contributed by atoms with Crippen molar-refractivity contribution in [3.05, 3.63) is 29.3 Å². The molecule has 0 fully saturated rings. The Morgan fingerprint density at radius 3 is 2.58 bits per heavy atom. The van der Waals surface area contributed by atoms with Crippen LogP contribution in [0.25, 0.3) is 0 Å². The first-order chi connectivity index (χ1) is 11.1. The van der Waals surface area contributed by atoms with Gasteiger partial charge in [0, 0.05) is 18.5 Å². The number of nitrogens with zero attached hydrogens (tertiary/aromatic N) is 1. The van der Waals surface area contributed by atoms with E-state index in [2.05, 4.69) is 0 Å². The molecule has 134 valence electrons. The molecule has 0 aromatic heterocycles. The van der Waals surface area contributed by atoms with E-state index in [1.807, 2.05) is 20.8 Å². The number of sulfonamides is 1. The Hall–Kier alpha value is -1.60. The number of rotatable bonds is 5. The van der Waals surface area contributed by atoms with E-state index in [-0.39, 0.29) is 11.8 Å². The van der Waals surface area contributed by atoms with E-state index in [9.17, 15) is 13.2 Å². The van der Waals surface area contributed by atoms with Gasteiger partial charge >= 0.3 is 5.97 Å². The molecule has 1 aromatic carbocycles. The molecule has 0 N–H and O–H groups in total. The van der Waals surface area contributed by atoms with Gasteiger partial charge in [0.1, 0.15) is 11.4 Å². The van der Waals surface area contributed by atoms with Crippen LogP contribution in [0.2, 0.25) is 0 Å². The Morgan fingerprint density at radius 2 is 2.04 bits per heavy atom. The molecular formula is C17H25NO5S. The number of hydrogen-bond donors (Lipinski definition) is 0. The van der Waals surface area contributed by atoms with Gasteiger partial charge in [0.05, 0.1) is 24.5 Å². The van der Waals surface area contributed by atoms with Crippen molar-refractivity contribution in [2.75, 3.05) is 19.4 Å². The standard InChI is InChI=1S/C17H25NO5S/c1-6-18(24(20,21)7-2)14-11-17(3,4)23-15-9-8-12(10-13(14)15)16(19)22-5/h8-10,14H,6-7,11H2,1-5H3. The summed E-state index contributed by atoms with van der Waals surface area (Å²) in [5, 5.41) is 0. The highest BCUT2D eigenvalue weighted by Gasteiger charge is 2.40. The molecule has 1 aromatic rings. The quantitative estimate of drug-likeness (QED) is 0.760. The van der Waals surface area contributed by atoms with Gasteiger partial charge in [0.2, 0.25) is 10.0 Å². The summed E-state index contributed by atoms with van der Waals surface area (Å²) in [4.78, 5) is 11.8. The number of fused-ring (bicyclic) bond motifs is 1. The van der Waals surface area contributed by atoms with Crippen LogP contribution >= 0.6 is 0 Å². The number of benzene rings is 1. The molecule has 0 amide bonds. The molecule has 0 aliphatic carbocycles. The zero-order valence-electron chi connectivity index (χ0n) is 14.8. The van der Waals surface area contributed by atoms with E-state index < -0.39 is 21.6 Å². The van der Waals surface area contributed by atoms with Crippen LogP contribution in [0.15, 0.2) is 18.2 Å². The van der Waals surface area contributed by atoms with Crippen molar-refractivity contribution in [1.82, 2.24) is 4.31 Å². The molecule has 7 heteroatoms. The Kier molecular flexibility index (Phi) is 5.25. The molecule has 24 heavy (non-hydrogen) atoms. The Labute approximate surface area is 143 Å². The smallest absolute Gasteiger partial charge is 0.337 e. The van der Waals surface area contributed by atoms with Gasteiger partial charge in [-0.3, -0.25) is 0 Å². The van der Waals surface area contributed by atoms with Crippen LogP contribution in [0.3, 0.4) is 0 Å². The van der Waals surface area contributed by atoms with Crippen LogP contribution in [-0.2, 0) is 14.8 Å². The van der Waals surface area contributed by atoms with Gasteiger partial charge in [-0.15, -0.1) is 0 Å². The summed E-state index contributed by atoms with van der Waals surface area (Å²) in [5.74, 6) is 0.182. The minimum Gasteiger partial charge on any atom is -0.487 e. The third-order valence-electron chi connectivity index (χ3n) is 4.24. The lowest BCUT2D eigenvalue weighted by atomic mass is 9.89. The molecule has 1 heterocycles. The maximum atomic E-state index is 12.5. The van der Waals surface area contributed by atoms with E-state index in [0.717, 1.165) is 0 Å². The third-order valence-corrected chi connectivity index (χ3v) is 6.20. The number of carbonyl (C=O) groups excluding carboxylic acids is 1. The Balaban J connectivity index is 2.58. The summed E-state index contributed by atoms with van der Waals surface area (Å²) in [6.45, 7) is 7.68. The molecule has 1 atom stereocenters. The topological polar surface area (TPSA) is 72.9 Å². The lowest BCUT2D eigenvalue weighted by molar-refractivity contribution is 0.0508. The number of esters is 1. The van der Waals surface area contributed by atoms with Crippen molar-refractivity contribution in [2.45, 2.75) is 45.8 Å². The van der Waals surface area contributed by atoms with E-state index in [0.29, 0.717) is 29.8 Å². The lowest BCUT2D eigenvalue weighted by Gasteiger charge is -2.41. The summed E-state index contributed by atoms with van der Waals surface area (Å²) in [6, 6.07) is 4.65. The monoisotopic (exact) mass is 355 g/mol. The molecule has 0 saturated carbocycles. The fourth-order valence-electron chi connectivity index (χ4n) is 3.10. The number of hydrogen-bond acceptors (Lipinski definition) is 5. The van der Waals surface area contributed by atoms with E-state index >= 15 is 0 Å². The molecule has 1 aliphatic rings. The average molecular weight is 355 g/mol. The largest absolute Gasteiger partial charge is 0.487 e. The molecule has 0 bridgehead atoms. The highest BCUT2D eigenvalue weighted by atomic mass is 32.2. The predicted octanol–water partition coefficient (Wildman–Crippen LogP) is 2.75. The normalized spacial score (nSPS) is 19.5. The van der Waals surface area contributed by atoms with Crippen LogP contribution in [0, 0.1) is 0 Å². The van der Waals surface area contributed by atoms with Gasteiger partial charge in [-0.2, -0.15) is 4.31 Å². The highest BCUT2D eigenvalue weighted by molar-refractivity contribution is 7.89. The minimum absolute atomic E-state index is 0.0324. The average Bonchev–Trinajstić information content (AvgIpc) is 2.53. The van der Waals surface area contributed by atoms with Crippen LogP contribution in [0.4, 0.5) is 0 Å². The van der Waals surface area contributed by atoms with Crippen molar-refractivity contribution < 1.29 is 22.7 Å². The first-order valence-electron chi connectivity index (χ1n) is 8.06. The number of methoxy groups -OCH3 is 1.